The number of thiophene rings is 1. The molecule has 0 saturated carbocycles. The van der Waals surface area contributed by atoms with Crippen molar-refractivity contribution in [1.29, 1.82) is 0 Å². The van der Waals surface area contributed by atoms with E-state index in [4.69, 9.17) is 9.26 Å². The molecular weight excluding hydrogens is 314 g/mol. The zero-order chi connectivity index (χ0) is 16.2. The highest BCUT2D eigenvalue weighted by Crippen LogP contribution is 2.20. The average Bonchev–Trinajstić information content (AvgIpc) is 3.26. The number of amides is 1. The Morgan fingerprint density at radius 1 is 1.30 bits per heavy atom. The summed E-state index contributed by atoms with van der Waals surface area (Å²) in [6.07, 6.45) is 0. The fraction of sp³-hybridized carbons (Fsp3) is 0.188. The van der Waals surface area contributed by atoms with Crippen LogP contribution < -0.4 is 4.74 Å². The molecule has 0 aliphatic rings. The third kappa shape index (κ3) is 3.40. The molecule has 0 bridgehead atoms. The number of nitrogens with zero attached hydrogens (tertiary/aromatic N) is 3. The van der Waals surface area contributed by atoms with Crippen molar-refractivity contribution in [2.45, 2.75) is 6.54 Å². The van der Waals surface area contributed by atoms with Crippen LogP contribution in [0.25, 0.3) is 11.4 Å². The van der Waals surface area contributed by atoms with E-state index in [1.807, 2.05) is 35.7 Å². The van der Waals surface area contributed by atoms with Gasteiger partial charge < -0.3 is 14.2 Å². The lowest BCUT2D eigenvalue weighted by Gasteiger charge is -2.12. The van der Waals surface area contributed by atoms with Crippen molar-refractivity contribution < 1.29 is 14.1 Å². The zero-order valence-electron chi connectivity index (χ0n) is 12.7. The second-order valence-corrected chi connectivity index (χ2v) is 5.83. The number of hydrogen-bond donors (Lipinski definition) is 0. The van der Waals surface area contributed by atoms with Gasteiger partial charge in [-0.2, -0.15) is 4.98 Å². The van der Waals surface area contributed by atoms with Gasteiger partial charge in [0.2, 0.25) is 11.7 Å². The van der Waals surface area contributed by atoms with Gasteiger partial charge in [-0.1, -0.05) is 11.2 Å². The number of methoxy groups -OCH3 is 1. The second-order valence-electron chi connectivity index (χ2n) is 4.88. The average molecular weight is 329 g/mol. The summed E-state index contributed by atoms with van der Waals surface area (Å²) < 4.78 is 10.3. The normalized spacial score (nSPS) is 10.5. The van der Waals surface area contributed by atoms with Crippen molar-refractivity contribution in [2.75, 3.05) is 14.2 Å². The first-order valence-electron chi connectivity index (χ1n) is 6.93. The van der Waals surface area contributed by atoms with E-state index in [0.29, 0.717) is 16.6 Å². The molecule has 118 valence electrons. The smallest absolute Gasteiger partial charge is 0.264 e. The Balaban J connectivity index is 1.70. The molecule has 3 rings (SSSR count). The Kier molecular flexibility index (Phi) is 4.38. The number of aromatic nitrogens is 2. The minimum Gasteiger partial charge on any atom is -0.497 e. The molecule has 7 heteroatoms. The summed E-state index contributed by atoms with van der Waals surface area (Å²) in [6.45, 7) is 0.264. The first-order chi connectivity index (χ1) is 11.2. The van der Waals surface area contributed by atoms with Crippen molar-refractivity contribution in [3.8, 4) is 17.1 Å². The van der Waals surface area contributed by atoms with Gasteiger partial charge in [-0.05, 0) is 35.7 Å². The van der Waals surface area contributed by atoms with E-state index in [9.17, 15) is 4.79 Å². The van der Waals surface area contributed by atoms with Gasteiger partial charge in [-0.25, -0.2) is 0 Å². The number of carbonyl (C=O) groups is 1. The molecule has 0 N–H and O–H groups in total. The van der Waals surface area contributed by atoms with Crippen molar-refractivity contribution in [3.63, 3.8) is 0 Å². The highest BCUT2D eigenvalue weighted by atomic mass is 32.1. The van der Waals surface area contributed by atoms with E-state index in [1.165, 1.54) is 11.3 Å². The van der Waals surface area contributed by atoms with E-state index in [-0.39, 0.29) is 12.5 Å². The fourth-order valence-corrected chi connectivity index (χ4v) is 2.76. The summed E-state index contributed by atoms with van der Waals surface area (Å²) in [7, 11) is 3.32. The van der Waals surface area contributed by atoms with Gasteiger partial charge in [0.1, 0.15) is 12.3 Å². The monoisotopic (exact) mass is 329 g/mol. The van der Waals surface area contributed by atoms with E-state index >= 15 is 0 Å². The summed E-state index contributed by atoms with van der Waals surface area (Å²) in [6, 6.07) is 11.0. The van der Waals surface area contributed by atoms with Crippen LogP contribution >= 0.6 is 11.3 Å². The van der Waals surface area contributed by atoms with Gasteiger partial charge in [-0.15, -0.1) is 11.3 Å². The number of benzene rings is 1. The maximum absolute atomic E-state index is 12.2. The van der Waals surface area contributed by atoms with E-state index < -0.39 is 0 Å². The molecule has 1 aromatic carbocycles. The number of rotatable bonds is 5. The molecule has 0 spiro atoms. The molecule has 2 aromatic heterocycles. The minimum absolute atomic E-state index is 0.0656. The number of carbonyl (C=O) groups excluding carboxylic acids is 1. The van der Waals surface area contributed by atoms with E-state index in [1.54, 1.807) is 25.1 Å². The summed E-state index contributed by atoms with van der Waals surface area (Å²) in [5.41, 5.74) is 0.827. The van der Waals surface area contributed by atoms with Crippen molar-refractivity contribution in [2.24, 2.45) is 0 Å². The van der Waals surface area contributed by atoms with Gasteiger partial charge in [0.05, 0.1) is 12.0 Å². The van der Waals surface area contributed by atoms with Crippen molar-refractivity contribution in [3.05, 3.63) is 52.5 Å². The van der Waals surface area contributed by atoms with E-state index in [0.717, 1.165) is 11.3 Å². The molecule has 0 radical (unpaired) electrons. The van der Waals surface area contributed by atoms with Crippen molar-refractivity contribution >= 4 is 17.2 Å². The molecule has 6 nitrogen and oxygen atoms in total. The molecule has 3 aromatic rings. The lowest BCUT2D eigenvalue weighted by Crippen LogP contribution is -2.25. The predicted octanol–water partition coefficient (Wildman–Crippen LogP) is 3.08. The third-order valence-corrected chi connectivity index (χ3v) is 4.13. The Labute approximate surface area is 137 Å². The molecule has 0 aliphatic heterocycles. The molecule has 0 atom stereocenters. The first kappa shape index (κ1) is 15.2. The standard InChI is InChI=1S/C16H15N3O3S/c1-19(16(20)13-4-3-9-23-13)10-14-17-15(18-22-14)11-5-7-12(21-2)8-6-11/h3-9H,10H2,1-2H3. The highest BCUT2D eigenvalue weighted by molar-refractivity contribution is 7.12. The SMILES string of the molecule is COc1ccc(-c2noc(CN(C)C(=O)c3cccs3)n2)cc1. The summed E-state index contributed by atoms with van der Waals surface area (Å²) >= 11 is 1.41. The largest absolute Gasteiger partial charge is 0.497 e. The lowest BCUT2D eigenvalue weighted by molar-refractivity contribution is 0.0774. The summed E-state index contributed by atoms with van der Waals surface area (Å²) in [4.78, 5) is 18.8. The Hall–Kier alpha value is -2.67. The molecule has 1 amide bonds. The molecule has 0 aliphatic carbocycles. The molecule has 0 unspecified atom stereocenters. The zero-order valence-corrected chi connectivity index (χ0v) is 13.5. The lowest BCUT2D eigenvalue weighted by atomic mass is 10.2. The molecule has 0 fully saturated rings. The first-order valence-corrected chi connectivity index (χ1v) is 7.81. The van der Waals surface area contributed by atoms with Crippen LogP contribution in [0.2, 0.25) is 0 Å². The Bertz CT molecular complexity index is 781. The van der Waals surface area contributed by atoms with Gasteiger partial charge in [0.15, 0.2) is 0 Å². The predicted molar refractivity (Wildman–Crippen MR) is 86.4 cm³/mol. The van der Waals surface area contributed by atoms with Gasteiger partial charge in [0, 0.05) is 12.6 Å². The van der Waals surface area contributed by atoms with E-state index in [2.05, 4.69) is 10.1 Å². The van der Waals surface area contributed by atoms with Gasteiger partial charge in [-0.3, -0.25) is 4.79 Å². The summed E-state index contributed by atoms with van der Waals surface area (Å²) in [5, 5.41) is 5.83. The van der Waals surface area contributed by atoms with Crippen LogP contribution in [-0.4, -0.2) is 35.1 Å². The molecular formula is C16H15N3O3S. The molecule has 0 saturated heterocycles. The third-order valence-electron chi connectivity index (χ3n) is 3.27. The minimum atomic E-state index is -0.0656. The van der Waals surface area contributed by atoms with Gasteiger partial charge in [0.25, 0.3) is 5.91 Å². The van der Waals surface area contributed by atoms with Gasteiger partial charge >= 0.3 is 0 Å². The Morgan fingerprint density at radius 3 is 2.74 bits per heavy atom. The van der Waals surface area contributed by atoms with Crippen LogP contribution in [0.4, 0.5) is 0 Å². The van der Waals surface area contributed by atoms with Crippen LogP contribution in [0, 0.1) is 0 Å². The molecule has 2 heterocycles. The summed E-state index contributed by atoms with van der Waals surface area (Å²) in [5.74, 6) is 1.57. The maximum Gasteiger partial charge on any atom is 0.264 e. The second kappa shape index (κ2) is 6.62. The van der Waals surface area contributed by atoms with Crippen LogP contribution in [0.3, 0.4) is 0 Å². The Morgan fingerprint density at radius 2 is 2.09 bits per heavy atom. The maximum atomic E-state index is 12.2. The van der Waals surface area contributed by atoms with Crippen LogP contribution in [-0.2, 0) is 6.54 Å². The van der Waals surface area contributed by atoms with Crippen LogP contribution in [0.5, 0.6) is 5.75 Å². The van der Waals surface area contributed by atoms with Crippen molar-refractivity contribution in [1.82, 2.24) is 15.0 Å². The van der Waals surface area contributed by atoms with Crippen LogP contribution in [0.15, 0.2) is 46.3 Å². The quantitative estimate of drug-likeness (QED) is 0.719. The topological polar surface area (TPSA) is 68.5 Å². The number of hydrogen-bond acceptors (Lipinski definition) is 6. The highest BCUT2D eigenvalue weighted by Gasteiger charge is 2.16. The molecule has 23 heavy (non-hydrogen) atoms. The van der Waals surface area contributed by atoms with Crippen LogP contribution in [0.1, 0.15) is 15.6 Å². The fourth-order valence-electron chi connectivity index (χ4n) is 2.04. The number of ether oxygens (including phenoxy) is 1.